The summed E-state index contributed by atoms with van der Waals surface area (Å²) in [5.41, 5.74) is 0.194. The van der Waals surface area contributed by atoms with E-state index in [1.54, 1.807) is 0 Å². The summed E-state index contributed by atoms with van der Waals surface area (Å²) in [6.45, 7) is 3.59. The lowest BCUT2D eigenvalue weighted by Crippen LogP contribution is -2.49. The van der Waals surface area contributed by atoms with E-state index < -0.39 is 15.8 Å². The zero-order valence-corrected chi connectivity index (χ0v) is 14.3. The summed E-state index contributed by atoms with van der Waals surface area (Å²) in [5, 5.41) is 7.38. The highest BCUT2D eigenvalue weighted by Crippen LogP contribution is 2.23. The maximum Gasteiger partial charge on any atom is 0.243 e. The monoisotopic (exact) mass is 355 g/mol. The molecule has 1 atom stereocenters. The van der Waals surface area contributed by atoms with Gasteiger partial charge in [-0.3, -0.25) is 0 Å². The minimum Gasteiger partial charge on any atom is -0.374 e. The maximum atomic E-state index is 13.5. The van der Waals surface area contributed by atoms with E-state index in [1.165, 1.54) is 23.2 Å². The van der Waals surface area contributed by atoms with Crippen molar-refractivity contribution in [2.24, 2.45) is 0 Å². The van der Waals surface area contributed by atoms with Gasteiger partial charge in [-0.05, 0) is 44.1 Å². The zero-order valence-electron chi connectivity index (χ0n) is 13.4. The molecule has 2 heterocycles. The molecule has 0 radical (unpaired) electrons. The standard InChI is InChI=1S/C16H22FN3O3S/c17-14-4-3-13(10-18)16(9-14)24(21,22)20-7-8-23-15(12-20)11-19-5-1-2-6-19/h3-4,9-10,15,18H,1-2,5-8,11-12H2. The Bertz CT molecular complexity index is 705. The molecule has 0 bridgehead atoms. The summed E-state index contributed by atoms with van der Waals surface area (Å²) in [6.07, 6.45) is 3.10. The van der Waals surface area contributed by atoms with Crippen molar-refractivity contribution in [3.05, 3.63) is 29.6 Å². The number of hydrogen-bond acceptors (Lipinski definition) is 5. The van der Waals surface area contributed by atoms with E-state index in [0.29, 0.717) is 13.2 Å². The van der Waals surface area contributed by atoms with E-state index in [2.05, 4.69) is 4.90 Å². The fourth-order valence-corrected chi connectivity index (χ4v) is 4.91. The molecule has 132 valence electrons. The second-order valence-electron chi connectivity index (χ2n) is 6.19. The highest BCUT2D eigenvalue weighted by molar-refractivity contribution is 7.89. The van der Waals surface area contributed by atoms with E-state index in [0.717, 1.165) is 31.4 Å². The van der Waals surface area contributed by atoms with Crippen LogP contribution in [0.15, 0.2) is 23.1 Å². The number of likely N-dealkylation sites (tertiary alicyclic amines) is 1. The Kier molecular flexibility index (Phi) is 5.29. The van der Waals surface area contributed by atoms with Crippen LogP contribution in [0.2, 0.25) is 0 Å². The van der Waals surface area contributed by atoms with Crippen LogP contribution in [0.3, 0.4) is 0 Å². The van der Waals surface area contributed by atoms with Gasteiger partial charge in [0.25, 0.3) is 0 Å². The number of rotatable bonds is 5. The van der Waals surface area contributed by atoms with Gasteiger partial charge in [0.15, 0.2) is 0 Å². The molecule has 1 aromatic rings. The average molecular weight is 355 g/mol. The van der Waals surface area contributed by atoms with Crippen LogP contribution in [-0.4, -0.2) is 69.3 Å². The smallest absolute Gasteiger partial charge is 0.243 e. The molecule has 8 heteroatoms. The Morgan fingerprint density at radius 2 is 2.04 bits per heavy atom. The van der Waals surface area contributed by atoms with Gasteiger partial charge >= 0.3 is 0 Å². The number of halogens is 1. The van der Waals surface area contributed by atoms with Crippen molar-refractivity contribution in [3.63, 3.8) is 0 Å². The highest BCUT2D eigenvalue weighted by atomic mass is 32.2. The third-order valence-electron chi connectivity index (χ3n) is 4.51. The summed E-state index contributed by atoms with van der Waals surface area (Å²) in [7, 11) is -3.85. The summed E-state index contributed by atoms with van der Waals surface area (Å²) in [4.78, 5) is 2.13. The number of morpholine rings is 1. The van der Waals surface area contributed by atoms with Gasteiger partial charge in [-0.25, -0.2) is 12.8 Å². The first kappa shape index (κ1) is 17.5. The van der Waals surface area contributed by atoms with Gasteiger partial charge in [-0.15, -0.1) is 0 Å². The average Bonchev–Trinajstić information content (AvgIpc) is 3.08. The van der Waals surface area contributed by atoms with Gasteiger partial charge < -0.3 is 15.0 Å². The molecule has 0 aliphatic carbocycles. The van der Waals surface area contributed by atoms with Gasteiger partial charge in [0.1, 0.15) is 5.82 Å². The Morgan fingerprint density at radius 1 is 1.29 bits per heavy atom. The van der Waals surface area contributed by atoms with Crippen LogP contribution in [0.25, 0.3) is 0 Å². The third kappa shape index (κ3) is 3.66. The van der Waals surface area contributed by atoms with Crippen LogP contribution in [0, 0.1) is 11.2 Å². The molecule has 2 aliphatic heterocycles. The lowest BCUT2D eigenvalue weighted by Gasteiger charge is -2.34. The largest absolute Gasteiger partial charge is 0.374 e. The van der Waals surface area contributed by atoms with Gasteiger partial charge in [0, 0.05) is 31.4 Å². The first-order valence-electron chi connectivity index (χ1n) is 8.15. The molecule has 0 amide bonds. The van der Waals surface area contributed by atoms with Crippen molar-refractivity contribution in [1.29, 1.82) is 5.41 Å². The molecule has 1 N–H and O–H groups in total. The Hall–Kier alpha value is -1.35. The van der Waals surface area contributed by atoms with Gasteiger partial charge in [-0.1, -0.05) is 0 Å². The van der Waals surface area contributed by atoms with Crippen LogP contribution in [0.4, 0.5) is 4.39 Å². The molecule has 24 heavy (non-hydrogen) atoms. The highest BCUT2D eigenvalue weighted by Gasteiger charge is 2.33. The number of ether oxygens (including phenoxy) is 1. The minimum absolute atomic E-state index is 0.153. The molecule has 1 aromatic carbocycles. The molecular formula is C16H22FN3O3S. The third-order valence-corrected chi connectivity index (χ3v) is 6.43. The Morgan fingerprint density at radius 3 is 2.75 bits per heavy atom. The first-order valence-corrected chi connectivity index (χ1v) is 9.59. The van der Waals surface area contributed by atoms with E-state index >= 15 is 0 Å². The minimum atomic E-state index is -3.85. The van der Waals surface area contributed by atoms with Gasteiger partial charge in [-0.2, -0.15) is 4.31 Å². The normalized spacial score (nSPS) is 23.5. The van der Waals surface area contributed by atoms with Crippen LogP contribution in [0.1, 0.15) is 18.4 Å². The molecule has 2 fully saturated rings. The molecule has 0 saturated carbocycles. The van der Waals surface area contributed by atoms with Crippen molar-refractivity contribution >= 4 is 16.2 Å². The van der Waals surface area contributed by atoms with Crippen LogP contribution in [-0.2, 0) is 14.8 Å². The number of nitrogens with one attached hydrogen (secondary N) is 1. The van der Waals surface area contributed by atoms with E-state index in [-0.39, 0.29) is 29.7 Å². The number of sulfonamides is 1. The Labute approximate surface area is 141 Å². The molecule has 1 unspecified atom stereocenters. The van der Waals surface area contributed by atoms with Crippen molar-refractivity contribution in [2.45, 2.75) is 23.8 Å². The molecule has 0 aromatic heterocycles. The van der Waals surface area contributed by atoms with Crippen molar-refractivity contribution in [2.75, 3.05) is 39.3 Å². The molecule has 6 nitrogen and oxygen atoms in total. The summed E-state index contributed by atoms with van der Waals surface area (Å²) >= 11 is 0. The summed E-state index contributed by atoms with van der Waals surface area (Å²) < 4.78 is 46.4. The molecular weight excluding hydrogens is 333 g/mol. The van der Waals surface area contributed by atoms with Crippen molar-refractivity contribution in [3.8, 4) is 0 Å². The predicted molar refractivity (Wildman–Crippen MR) is 88.5 cm³/mol. The van der Waals surface area contributed by atoms with E-state index in [9.17, 15) is 12.8 Å². The van der Waals surface area contributed by atoms with E-state index in [1.807, 2.05) is 0 Å². The quantitative estimate of drug-likeness (QED) is 0.808. The molecule has 0 spiro atoms. The summed E-state index contributed by atoms with van der Waals surface area (Å²) in [6, 6.07) is 3.47. The zero-order chi connectivity index (χ0) is 17.2. The van der Waals surface area contributed by atoms with Crippen LogP contribution < -0.4 is 0 Å². The van der Waals surface area contributed by atoms with Crippen LogP contribution in [0.5, 0.6) is 0 Å². The Balaban J connectivity index is 1.78. The predicted octanol–water partition coefficient (Wildman–Crippen LogP) is 1.31. The lowest BCUT2D eigenvalue weighted by atomic mass is 10.2. The first-order chi connectivity index (χ1) is 11.5. The van der Waals surface area contributed by atoms with E-state index in [4.69, 9.17) is 10.1 Å². The number of hydrogen-bond donors (Lipinski definition) is 1. The lowest BCUT2D eigenvalue weighted by molar-refractivity contribution is -0.0166. The fraction of sp³-hybridized carbons (Fsp3) is 0.562. The SMILES string of the molecule is N=Cc1ccc(F)cc1S(=O)(=O)N1CCOC(CN2CCCC2)C1. The number of nitrogens with zero attached hydrogens (tertiary/aromatic N) is 2. The number of benzene rings is 1. The van der Waals surface area contributed by atoms with Crippen LogP contribution >= 0.6 is 0 Å². The van der Waals surface area contributed by atoms with Crippen molar-refractivity contribution in [1.82, 2.24) is 9.21 Å². The maximum absolute atomic E-state index is 13.5. The molecule has 3 rings (SSSR count). The second-order valence-corrected chi connectivity index (χ2v) is 8.10. The van der Waals surface area contributed by atoms with Crippen molar-refractivity contribution < 1.29 is 17.5 Å². The summed E-state index contributed by atoms with van der Waals surface area (Å²) in [5.74, 6) is -0.624. The molecule has 2 saturated heterocycles. The topological polar surface area (TPSA) is 73.7 Å². The van der Waals surface area contributed by atoms with Gasteiger partial charge in [0.2, 0.25) is 10.0 Å². The van der Waals surface area contributed by atoms with Gasteiger partial charge in [0.05, 0.1) is 17.6 Å². The fourth-order valence-electron chi connectivity index (χ4n) is 3.26. The second kappa shape index (κ2) is 7.26. The molecule has 2 aliphatic rings.